The monoisotopic (exact) mass is 254 g/mol. The molecule has 0 spiro atoms. The van der Waals surface area contributed by atoms with Gasteiger partial charge in [-0.1, -0.05) is 35.5 Å². The molecule has 0 radical (unpaired) electrons. The smallest absolute Gasteiger partial charge is 0.240 e. The van der Waals surface area contributed by atoms with E-state index in [-0.39, 0.29) is 12.6 Å². The highest BCUT2D eigenvalue weighted by Crippen LogP contribution is 2.24. The Labute approximate surface area is 110 Å². The van der Waals surface area contributed by atoms with E-state index < -0.39 is 0 Å². The maximum Gasteiger partial charge on any atom is 0.240 e. The summed E-state index contributed by atoms with van der Waals surface area (Å²) in [6, 6.07) is 13.9. The molecule has 0 amide bonds. The van der Waals surface area contributed by atoms with Crippen LogP contribution in [0.25, 0.3) is 0 Å². The van der Waals surface area contributed by atoms with Crippen LogP contribution in [0.4, 0.5) is 0 Å². The quantitative estimate of drug-likeness (QED) is 0.772. The molecular weight excluding hydrogens is 240 g/mol. The van der Waals surface area contributed by atoms with Crippen molar-refractivity contribution in [1.29, 1.82) is 0 Å². The molecule has 19 heavy (non-hydrogen) atoms. The second-order valence-corrected chi connectivity index (χ2v) is 4.19. The average molecular weight is 254 g/mol. The molecular formula is C14H14N4O. The summed E-state index contributed by atoms with van der Waals surface area (Å²) < 4.78 is 7.16. The summed E-state index contributed by atoms with van der Waals surface area (Å²) in [5.74, 6) is 1.06. The van der Waals surface area contributed by atoms with Gasteiger partial charge >= 0.3 is 0 Å². The van der Waals surface area contributed by atoms with Crippen LogP contribution in [0.15, 0.2) is 59.4 Å². The summed E-state index contributed by atoms with van der Waals surface area (Å²) >= 11 is 0. The predicted octanol–water partition coefficient (Wildman–Crippen LogP) is 1.97. The maximum absolute atomic E-state index is 5.52. The number of nitrogens with two attached hydrogens (primary N) is 1. The first-order valence-electron chi connectivity index (χ1n) is 6.08. The first-order valence-corrected chi connectivity index (χ1v) is 6.08. The first kappa shape index (κ1) is 11.7. The molecule has 2 N–H and O–H groups in total. The molecule has 0 bridgehead atoms. The zero-order valence-corrected chi connectivity index (χ0v) is 10.3. The average Bonchev–Trinajstić information content (AvgIpc) is 3.12. The third-order valence-corrected chi connectivity index (χ3v) is 2.94. The highest BCUT2D eigenvalue weighted by atomic mass is 16.5. The van der Waals surface area contributed by atoms with Crippen LogP contribution in [0.3, 0.4) is 0 Å². The van der Waals surface area contributed by atoms with Crippen LogP contribution >= 0.6 is 0 Å². The van der Waals surface area contributed by atoms with E-state index in [1.165, 1.54) is 0 Å². The van der Waals surface area contributed by atoms with Gasteiger partial charge in [-0.3, -0.25) is 0 Å². The zero-order valence-electron chi connectivity index (χ0n) is 10.3. The fourth-order valence-corrected chi connectivity index (χ4v) is 2.07. The van der Waals surface area contributed by atoms with Crippen molar-refractivity contribution >= 4 is 0 Å². The number of nitrogens with zero attached hydrogens (tertiary/aromatic N) is 3. The van der Waals surface area contributed by atoms with Crippen LogP contribution in [0.1, 0.15) is 23.3 Å². The summed E-state index contributed by atoms with van der Waals surface area (Å²) in [5.41, 5.74) is 6.62. The van der Waals surface area contributed by atoms with Gasteiger partial charge in [-0.05, 0) is 17.7 Å². The van der Waals surface area contributed by atoms with E-state index in [0.29, 0.717) is 11.7 Å². The summed E-state index contributed by atoms with van der Waals surface area (Å²) in [6.07, 6.45) is 3.96. The number of hydrogen-bond donors (Lipinski definition) is 1. The summed E-state index contributed by atoms with van der Waals surface area (Å²) in [4.78, 5) is 4.34. The van der Waals surface area contributed by atoms with E-state index in [0.717, 1.165) is 5.56 Å². The lowest BCUT2D eigenvalue weighted by molar-refractivity contribution is 0.371. The molecule has 5 heteroatoms. The van der Waals surface area contributed by atoms with Gasteiger partial charge in [-0.15, -0.1) is 0 Å². The van der Waals surface area contributed by atoms with Crippen molar-refractivity contribution in [2.75, 3.05) is 0 Å². The van der Waals surface area contributed by atoms with E-state index in [1.807, 2.05) is 59.4 Å². The molecule has 0 saturated carbocycles. The second kappa shape index (κ2) is 5.07. The minimum atomic E-state index is -0.0970. The SMILES string of the molecule is NCc1nc([C@H](c2ccccc2)n2cccc2)no1. The van der Waals surface area contributed by atoms with Gasteiger partial charge in [0.25, 0.3) is 0 Å². The molecule has 0 saturated heterocycles. The van der Waals surface area contributed by atoms with Crippen molar-refractivity contribution < 1.29 is 4.52 Å². The van der Waals surface area contributed by atoms with Crippen molar-refractivity contribution in [3.63, 3.8) is 0 Å². The molecule has 0 unspecified atom stereocenters. The van der Waals surface area contributed by atoms with E-state index in [4.69, 9.17) is 10.3 Å². The van der Waals surface area contributed by atoms with E-state index in [9.17, 15) is 0 Å². The molecule has 0 aliphatic carbocycles. The van der Waals surface area contributed by atoms with Crippen molar-refractivity contribution in [3.05, 3.63) is 72.1 Å². The normalized spacial score (nSPS) is 12.5. The lowest BCUT2D eigenvalue weighted by atomic mass is 10.1. The largest absolute Gasteiger partial charge is 0.339 e. The van der Waals surface area contributed by atoms with E-state index >= 15 is 0 Å². The predicted molar refractivity (Wildman–Crippen MR) is 70.3 cm³/mol. The molecule has 1 aromatic carbocycles. The topological polar surface area (TPSA) is 69.9 Å². The van der Waals surface area contributed by atoms with Crippen molar-refractivity contribution in [1.82, 2.24) is 14.7 Å². The third-order valence-electron chi connectivity index (χ3n) is 2.94. The molecule has 2 aromatic heterocycles. The van der Waals surface area contributed by atoms with Crippen LogP contribution in [0.2, 0.25) is 0 Å². The molecule has 2 heterocycles. The standard InChI is InChI=1S/C14H14N4O/c15-10-12-16-14(17-19-12)13(18-8-4-5-9-18)11-6-2-1-3-7-11/h1-9,13H,10,15H2/t13-/m0/s1. The molecule has 3 rings (SSSR count). The van der Waals surface area contributed by atoms with Gasteiger partial charge in [0.2, 0.25) is 5.89 Å². The van der Waals surface area contributed by atoms with E-state index in [2.05, 4.69) is 10.1 Å². The zero-order chi connectivity index (χ0) is 13.1. The van der Waals surface area contributed by atoms with Gasteiger partial charge in [0, 0.05) is 12.4 Å². The van der Waals surface area contributed by atoms with Gasteiger partial charge < -0.3 is 14.8 Å². The number of rotatable bonds is 4. The lowest BCUT2D eigenvalue weighted by Crippen LogP contribution is -2.12. The van der Waals surface area contributed by atoms with Crippen molar-refractivity contribution in [2.24, 2.45) is 5.73 Å². The van der Waals surface area contributed by atoms with Crippen LogP contribution in [0.5, 0.6) is 0 Å². The maximum atomic E-state index is 5.52. The third kappa shape index (κ3) is 2.28. The Morgan fingerprint density at radius 3 is 2.47 bits per heavy atom. The van der Waals surface area contributed by atoms with Gasteiger partial charge in [-0.25, -0.2) is 0 Å². The first-order chi connectivity index (χ1) is 9.38. The van der Waals surface area contributed by atoms with Gasteiger partial charge in [-0.2, -0.15) is 4.98 Å². The molecule has 0 fully saturated rings. The molecule has 0 aliphatic heterocycles. The Kier molecular flexibility index (Phi) is 3.12. The summed E-state index contributed by atoms with van der Waals surface area (Å²) in [7, 11) is 0. The van der Waals surface area contributed by atoms with Gasteiger partial charge in [0.05, 0.1) is 6.54 Å². The Hall–Kier alpha value is -2.40. The Morgan fingerprint density at radius 1 is 1.11 bits per heavy atom. The molecule has 0 aliphatic rings. The van der Waals surface area contributed by atoms with Gasteiger partial charge in [0.15, 0.2) is 5.82 Å². The van der Waals surface area contributed by atoms with E-state index in [1.54, 1.807) is 0 Å². The van der Waals surface area contributed by atoms with Crippen LogP contribution < -0.4 is 5.73 Å². The van der Waals surface area contributed by atoms with Crippen LogP contribution in [-0.2, 0) is 6.54 Å². The van der Waals surface area contributed by atoms with Crippen LogP contribution in [-0.4, -0.2) is 14.7 Å². The minimum Gasteiger partial charge on any atom is -0.339 e. The molecule has 1 atom stereocenters. The highest BCUT2D eigenvalue weighted by molar-refractivity contribution is 5.26. The second-order valence-electron chi connectivity index (χ2n) is 4.19. The molecule has 5 nitrogen and oxygen atoms in total. The van der Waals surface area contributed by atoms with Crippen LogP contribution in [0, 0.1) is 0 Å². The van der Waals surface area contributed by atoms with Crippen molar-refractivity contribution in [3.8, 4) is 0 Å². The fraction of sp³-hybridized carbons (Fsp3) is 0.143. The van der Waals surface area contributed by atoms with Gasteiger partial charge in [0.1, 0.15) is 6.04 Å². The minimum absolute atomic E-state index is 0.0970. The Balaban J connectivity index is 2.07. The summed E-state index contributed by atoms with van der Waals surface area (Å²) in [6.45, 7) is 0.250. The number of aromatic nitrogens is 3. The molecule has 96 valence electrons. The fourth-order valence-electron chi connectivity index (χ4n) is 2.07. The number of benzene rings is 1. The highest BCUT2D eigenvalue weighted by Gasteiger charge is 2.21. The Bertz CT molecular complexity index is 631. The Morgan fingerprint density at radius 2 is 1.84 bits per heavy atom. The van der Waals surface area contributed by atoms with Crippen molar-refractivity contribution in [2.45, 2.75) is 12.6 Å². The number of hydrogen-bond acceptors (Lipinski definition) is 4. The lowest BCUT2D eigenvalue weighted by Gasteiger charge is -2.15. The molecule has 3 aromatic rings. The summed E-state index contributed by atoms with van der Waals surface area (Å²) in [5, 5.41) is 4.03.